The van der Waals surface area contributed by atoms with Crippen LogP contribution in [0, 0.1) is 0 Å². The van der Waals surface area contributed by atoms with E-state index in [1.165, 1.54) is 26.2 Å². The lowest BCUT2D eigenvalue weighted by atomic mass is 10.2. The summed E-state index contributed by atoms with van der Waals surface area (Å²) in [7, 11) is 5.72. The maximum Gasteiger partial charge on any atom is 0.413 e. The lowest BCUT2D eigenvalue weighted by Gasteiger charge is -2.19. The number of carbonyl (C=O) groups is 2. The third kappa shape index (κ3) is 2.55. The summed E-state index contributed by atoms with van der Waals surface area (Å²) in [6.07, 6.45) is -0.561. The number of aromatic nitrogens is 1. The number of aromatic amines is 1. The predicted octanol–water partition coefficient (Wildman–Crippen LogP) is 2.00. The maximum atomic E-state index is 12.4. The Morgan fingerprint density at radius 3 is 2.43 bits per heavy atom. The number of benzene rings is 1. The second kappa shape index (κ2) is 5.84. The number of amides is 2. The minimum atomic E-state index is -0.561. The summed E-state index contributed by atoms with van der Waals surface area (Å²) in [5.74, 6) is -0.389. The van der Waals surface area contributed by atoms with E-state index in [1.54, 1.807) is 7.05 Å². The Morgan fingerprint density at radius 2 is 1.81 bits per heavy atom. The van der Waals surface area contributed by atoms with E-state index < -0.39 is 6.09 Å². The van der Waals surface area contributed by atoms with Gasteiger partial charge in [-0.05, 0) is 6.07 Å². The van der Waals surface area contributed by atoms with Crippen molar-refractivity contribution in [2.75, 3.05) is 33.2 Å². The molecule has 1 heterocycles. The fourth-order valence-electron chi connectivity index (χ4n) is 2.10. The van der Waals surface area contributed by atoms with Crippen LogP contribution < -0.4 is 4.90 Å². The van der Waals surface area contributed by atoms with Gasteiger partial charge in [0.2, 0.25) is 0 Å². The van der Waals surface area contributed by atoms with Crippen molar-refractivity contribution in [3.05, 3.63) is 30.0 Å². The number of nitrogens with zero attached hydrogens (tertiary/aromatic N) is 2. The molecule has 1 aromatic carbocycles. The molecule has 21 heavy (non-hydrogen) atoms. The smallest absolute Gasteiger partial charge is 0.413 e. The average molecular weight is 291 g/mol. The molecule has 7 nitrogen and oxygen atoms in total. The molecular formula is C14H17N3O4. The van der Waals surface area contributed by atoms with E-state index in [4.69, 9.17) is 9.57 Å². The van der Waals surface area contributed by atoms with E-state index in [-0.39, 0.29) is 11.6 Å². The first-order chi connectivity index (χ1) is 10.0. The van der Waals surface area contributed by atoms with Crippen LogP contribution in [0.5, 0.6) is 0 Å². The molecule has 112 valence electrons. The molecule has 0 radical (unpaired) electrons. The minimum Gasteiger partial charge on any atom is -0.452 e. The summed E-state index contributed by atoms with van der Waals surface area (Å²) < 4.78 is 4.72. The Morgan fingerprint density at radius 1 is 1.14 bits per heavy atom. The molecule has 2 amide bonds. The number of methoxy groups -OCH3 is 1. The molecule has 0 bridgehead atoms. The van der Waals surface area contributed by atoms with Gasteiger partial charge >= 0.3 is 6.09 Å². The first-order valence-electron chi connectivity index (χ1n) is 6.25. The van der Waals surface area contributed by atoms with E-state index in [1.807, 2.05) is 24.3 Å². The Hall–Kier alpha value is -2.54. The van der Waals surface area contributed by atoms with Crippen molar-refractivity contribution in [1.82, 2.24) is 10.0 Å². The molecule has 0 unspecified atom stereocenters. The van der Waals surface area contributed by atoms with Crippen molar-refractivity contribution < 1.29 is 19.2 Å². The molecule has 0 saturated carbocycles. The summed E-state index contributed by atoms with van der Waals surface area (Å²) in [5, 5.41) is 1.83. The average Bonchev–Trinajstić information content (AvgIpc) is 2.91. The number of hydrogen-bond acceptors (Lipinski definition) is 4. The summed E-state index contributed by atoms with van der Waals surface area (Å²) in [6.45, 7) is 0. The number of ether oxygens (including phenoxy) is 1. The standard InChI is InChI=1S/C14H17N3O4/c1-16(14(19)20-3)12-9-7-5-6-8-10(9)15-11(12)13(18)17(2)21-4/h5-8,15H,1-4H3. The number of carbonyl (C=O) groups excluding carboxylic acids is 2. The van der Waals surface area contributed by atoms with Gasteiger partial charge in [0.15, 0.2) is 0 Å². The van der Waals surface area contributed by atoms with Crippen LogP contribution in [0.1, 0.15) is 10.5 Å². The lowest BCUT2D eigenvalue weighted by Crippen LogP contribution is -2.31. The van der Waals surface area contributed by atoms with Crippen molar-refractivity contribution in [1.29, 1.82) is 0 Å². The highest BCUT2D eigenvalue weighted by Gasteiger charge is 2.26. The van der Waals surface area contributed by atoms with Gasteiger partial charge in [0.25, 0.3) is 5.91 Å². The Balaban J connectivity index is 2.64. The van der Waals surface area contributed by atoms with E-state index in [2.05, 4.69) is 4.98 Å². The van der Waals surface area contributed by atoms with Crippen LogP contribution in [-0.2, 0) is 9.57 Å². The van der Waals surface area contributed by atoms with Gasteiger partial charge in [0.1, 0.15) is 5.69 Å². The maximum absolute atomic E-state index is 12.4. The topological polar surface area (TPSA) is 74.9 Å². The molecule has 1 aromatic heterocycles. The number of rotatable bonds is 3. The second-order valence-corrected chi connectivity index (χ2v) is 4.41. The van der Waals surface area contributed by atoms with Crippen molar-refractivity contribution in [2.24, 2.45) is 0 Å². The molecule has 0 aliphatic rings. The summed E-state index contributed by atoms with van der Waals surface area (Å²) in [5.41, 5.74) is 1.45. The molecule has 7 heteroatoms. The number of anilines is 1. The van der Waals surface area contributed by atoms with Crippen molar-refractivity contribution in [3.63, 3.8) is 0 Å². The zero-order valence-electron chi connectivity index (χ0n) is 12.3. The zero-order valence-corrected chi connectivity index (χ0v) is 12.3. The number of para-hydroxylation sites is 1. The minimum absolute atomic E-state index is 0.258. The first-order valence-corrected chi connectivity index (χ1v) is 6.25. The molecular weight excluding hydrogens is 274 g/mol. The van der Waals surface area contributed by atoms with E-state index in [0.29, 0.717) is 5.69 Å². The molecule has 0 atom stereocenters. The number of H-pyrrole nitrogens is 1. The fraction of sp³-hybridized carbons (Fsp3) is 0.286. The summed E-state index contributed by atoms with van der Waals surface area (Å²) in [6, 6.07) is 7.33. The van der Waals surface area contributed by atoms with Gasteiger partial charge < -0.3 is 9.72 Å². The number of fused-ring (bicyclic) bond motifs is 1. The van der Waals surface area contributed by atoms with E-state index in [0.717, 1.165) is 16.0 Å². The molecule has 0 fully saturated rings. The highest BCUT2D eigenvalue weighted by Crippen LogP contribution is 2.31. The third-order valence-corrected chi connectivity index (χ3v) is 3.24. The van der Waals surface area contributed by atoms with Crippen LogP contribution in [0.25, 0.3) is 10.9 Å². The highest BCUT2D eigenvalue weighted by atomic mass is 16.7. The largest absolute Gasteiger partial charge is 0.452 e. The van der Waals surface area contributed by atoms with Gasteiger partial charge in [0.05, 0.1) is 19.9 Å². The summed E-state index contributed by atoms with van der Waals surface area (Å²) >= 11 is 0. The van der Waals surface area contributed by atoms with Crippen LogP contribution in [0.2, 0.25) is 0 Å². The van der Waals surface area contributed by atoms with Crippen LogP contribution in [0.3, 0.4) is 0 Å². The predicted molar refractivity (Wildman–Crippen MR) is 78.2 cm³/mol. The van der Waals surface area contributed by atoms with Gasteiger partial charge in [-0.3, -0.25) is 14.5 Å². The normalized spacial score (nSPS) is 10.5. The van der Waals surface area contributed by atoms with Crippen molar-refractivity contribution in [3.8, 4) is 0 Å². The van der Waals surface area contributed by atoms with Crippen molar-refractivity contribution in [2.45, 2.75) is 0 Å². The Bertz CT molecular complexity index is 680. The fourth-order valence-corrected chi connectivity index (χ4v) is 2.10. The highest BCUT2D eigenvalue weighted by molar-refractivity contribution is 6.11. The SMILES string of the molecule is COC(=O)N(C)c1c(C(=O)N(C)OC)[nH]c2ccccc12. The van der Waals surface area contributed by atoms with Crippen LogP contribution in [-0.4, -0.2) is 50.4 Å². The molecule has 2 aromatic rings. The molecule has 2 rings (SSSR count). The number of hydroxylamine groups is 2. The third-order valence-electron chi connectivity index (χ3n) is 3.24. The van der Waals surface area contributed by atoms with Crippen LogP contribution in [0.4, 0.5) is 10.5 Å². The van der Waals surface area contributed by atoms with E-state index in [9.17, 15) is 9.59 Å². The van der Waals surface area contributed by atoms with Crippen LogP contribution >= 0.6 is 0 Å². The van der Waals surface area contributed by atoms with Gasteiger partial charge in [-0.1, -0.05) is 18.2 Å². The van der Waals surface area contributed by atoms with Crippen LogP contribution in [0.15, 0.2) is 24.3 Å². The van der Waals surface area contributed by atoms with E-state index >= 15 is 0 Å². The van der Waals surface area contributed by atoms with Gasteiger partial charge in [-0.25, -0.2) is 9.86 Å². The quantitative estimate of drug-likeness (QED) is 0.878. The monoisotopic (exact) mass is 291 g/mol. The first kappa shape index (κ1) is 14.9. The van der Waals surface area contributed by atoms with Gasteiger partial charge in [-0.2, -0.15) is 0 Å². The molecule has 0 aliphatic carbocycles. The molecule has 0 spiro atoms. The summed E-state index contributed by atoms with van der Waals surface area (Å²) in [4.78, 5) is 33.4. The van der Waals surface area contributed by atoms with Crippen molar-refractivity contribution >= 4 is 28.6 Å². The zero-order chi connectivity index (χ0) is 15.6. The lowest BCUT2D eigenvalue weighted by molar-refractivity contribution is -0.0759. The Kier molecular flexibility index (Phi) is 4.13. The molecule has 0 aliphatic heterocycles. The molecule has 0 saturated heterocycles. The Labute approximate surface area is 122 Å². The second-order valence-electron chi connectivity index (χ2n) is 4.41. The van der Waals surface area contributed by atoms with Gasteiger partial charge in [-0.15, -0.1) is 0 Å². The number of hydrogen-bond donors (Lipinski definition) is 1. The molecule has 1 N–H and O–H groups in total. The van der Waals surface area contributed by atoms with Gasteiger partial charge in [0, 0.05) is 25.0 Å². The number of nitrogens with one attached hydrogen (secondary N) is 1.